The van der Waals surface area contributed by atoms with Crippen LogP contribution < -0.4 is 9.47 Å². The van der Waals surface area contributed by atoms with E-state index in [9.17, 15) is 0 Å². The van der Waals surface area contributed by atoms with Crippen molar-refractivity contribution in [2.24, 2.45) is 0 Å². The third-order valence-electron chi connectivity index (χ3n) is 9.06. The summed E-state index contributed by atoms with van der Waals surface area (Å²) in [5.41, 5.74) is 6.80. The Labute approximate surface area is 233 Å². The summed E-state index contributed by atoms with van der Waals surface area (Å²) in [6.45, 7) is 0. The van der Waals surface area contributed by atoms with E-state index >= 15 is 0 Å². The molecule has 1 aromatic heterocycles. The van der Waals surface area contributed by atoms with Crippen LogP contribution >= 0.6 is 0 Å². The van der Waals surface area contributed by atoms with E-state index in [0.29, 0.717) is 0 Å². The summed E-state index contributed by atoms with van der Waals surface area (Å²) in [5, 5.41) is 2.59. The minimum atomic E-state index is -0.515. The summed E-state index contributed by atoms with van der Waals surface area (Å²) in [5.74, 6) is 3.77. The van der Waals surface area contributed by atoms with Crippen LogP contribution in [0.5, 0.6) is 11.5 Å². The minimum absolute atomic E-state index is 0.140. The SMILES string of the molecule is C1=C2Oc3ccccc3C3(C2=CCC1)C1=CC(n2c4ccccc4c4ccccc42)CC=C1Oc1ccccc13. The van der Waals surface area contributed by atoms with E-state index in [0.717, 1.165) is 42.3 Å². The molecular formula is C37H27NO2. The molecule has 2 unspecified atom stereocenters. The van der Waals surface area contributed by atoms with Crippen LogP contribution in [0.4, 0.5) is 0 Å². The monoisotopic (exact) mass is 517 g/mol. The standard InChI is InChI=1S/C37H27NO2/c1-6-16-31-25(11-1)26-12-2-7-17-32(26)38(31)24-21-22-36-30(23-24)37(29-15-5-10-20-35(29)40-36)27-13-3-8-18-33(27)39-34-19-9-4-14-28(34)37/h1-3,5-8,10-20,22-24H,4,9,21H2. The fourth-order valence-corrected chi connectivity index (χ4v) is 7.50. The molecule has 192 valence electrons. The van der Waals surface area contributed by atoms with Crippen molar-refractivity contribution in [2.45, 2.75) is 30.7 Å². The van der Waals surface area contributed by atoms with E-state index < -0.39 is 5.41 Å². The number of para-hydroxylation sites is 4. The maximum absolute atomic E-state index is 6.69. The molecule has 0 amide bonds. The van der Waals surface area contributed by atoms with Crippen molar-refractivity contribution in [3.05, 3.63) is 155 Å². The van der Waals surface area contributed by atoms with E-state index in [1.165, 1.54) is 44.1 Å². The summed E-state index contributed by atoms with van der Waals surface area (Å²) < 4.78 is 15.8. The van der Waals surface area contributed by atoms with E-state index in [4.69, 9.17) is 9.47 Å². The average molecular weight is 518 g/mol. The molecule has 0 saturated carbocycles. The van der Waals surface area contributed by atoms with Gasteiger partial charge in [0.15, 0.2) is 0 Å². The Bertz CT molecular complexity index is 1910. The highest BCUT2D eigenvalue weighted by Gasteiger charge is 2.54. The highest BCUT2D eigenvalue weighted by atomic mass is 16.5. The number of hydrogen-bond donors (Lipinski definition) is 0. The molecule has 0 fully saturated rings. The van der Waals surface area contributed by atoms with Crippen LogP contribution in [0, 0.1) is 0 Å². The van der Waals surface area contributed by atoms with Gasteiger partial charge in [-0.25, -0.2) is 0 Å². The largest absolute Gasteiger partial charge is 0.457 e. The molecule has 3 heterocycles. The molecule has 0 bridgehead atoms. The second kappa shape index (κ2) is 8.12. The number of nitrogens with zero attached hydrogens (tertiary/aromatic N) is 1. The zero-order chi connectivity index (χ0) is 26.3. The average Bonchev–Trinajstić information content (AvgIpc) is 3.35. The predicted octanol–water partition coefficient (Wildman–Crippen LogP) is 8.92. The van der Waals surface area contributed by atoms with Crippen molar-refractivity contribution in [2.75, 3.05) is 0 Å². The van der Waals surface area contributed by atoms with Crippen LogP contribution in [0.25, 0.3) is 21.8 Å². The second-order valence-electron chi connectivity index (χ2n) is 11.1. The lowest BCUT2D eigenvalue weighted by Crippen LogP contribution is -2.43. The van der Waals surface area contributed by atoms with Gasteiger partial charge in [0.1, 0.15) is 23.0 Å². The Morgan fingerprint density at radius 3 is 1.80 bits per heavy atom. The maximum Gasteiger partial charge on any atom is 0.132 e. The lowest BCUT2D eigenvalue weighted by Gasteiger charge is -2.49. The second-order valence-corrected chi connectivity index (χ2v) is 11.1. The zero-order valence-electron chi connectivity index (χ0n) is 22.0. The first-order valence-corrected chi connectivity index (χ1v) is 14.2. The molecule has 2 atom stereocenters. The predicted molar refractivity (Wildman–Crippen MR) is 160 cm³/mol. The van der Waals surface area contributed by atoms with Crippen LogP contribution in [0.3, 0.4) is 0 Å². The number of hydrogen-bond acceptors (Lipinski definition) is 2. The first-order chi connectivity index (χ1) is 19.8. The first-order valence-electron chi connectivity index (χ1n) is 14.2. The van der Waals surface area contributed by atoms with Crippen LogP contribution in [0.15, 0.2) is 144 Å². The summed E-state index contributed by atoms with van der Waals surface area (Å²) in [7, 11) is 0. The number of ether oxygens (including phenoxy) is 2. The van der Waals surface area contributed by atoms with Gasteiger partial charge in [0.2, 0.25) is 0 Å². The van der Waals surface area contributed by atoms with Crippen LogP contribution in [0.1, 0.15) is 36.4 Å². The Balaban J connectivity index is 1.38. The smallest absolute Gasteiger partial charge is 0.132 e. The van der Waals surface area contributed by atoms with Gasteiger partial charge in [-0.1, -0.05) is 84.9 Å². The van der Waals surface area contributed by atoms with Gasteiger partial charge in [-0.2, -0.15) is 0 Å². The van der Waals surface area contributed by atoms with Gasteiger partial charge in [0.25, 0.3) is 0 Å². The third kappa shape index (κ3) is 2.79. The van der Waals surface area contributed by atoms with E-state index in [1.807, 2.05) is 0 Å². The van der Waals surface area contributed by atoms with E-state index in [-0.39, 0.29) is 6.04 Å². The number of allylic oxidation sites excluding steroid dienone is 6. The first kappa shape index (κ1) is 22.1. The van der Waals surface area contributed by atoms with Crippen LogP contribution in [0.2, 0.25) is 0 Å². The molecule has 4 aromatic carbocycles. The van der Waals surface area contributed by atoms with Gasteiger partial charge in [0.05, 0.1) is 11.5 Å². The molecule has 1 spiro atoms. The minimum Gasteiger partial charge on any atom is -0.457 e. The van der Waals surface area contributed by atoms with Crippen molar-refractivity contribution in [3.63, 3.8) is 0 Å². The van der Waals surface area contributed by atoms with Gasteiger partial charge in [0, 0.05) is 44.1 Å². The van der Waals surface area contributed by atoms with Crippen LogP contribution in [-0.4, -0.2) is 4.57 Å². The number of benzene rings is 4. The lowest BCUT2D eigenvalue weighted by molar-refractivity contribution is 0.337. The molecule has 40 heavy (non-hydrogen) atoms. The lowest BCUT2D eigenvalue weighted by atomic mass is 9.59. The molecular weight excluding hydrogens is 490 g/mol. The quantitative estimate of drug-likeness (QED) is 0.222. The molecule has 4 aliphatic rings. The Morgan fingerprint density at radius 1 is 0.575 bits per heavy atom. The van der Waals surface area contributed by atoms with Gasteiger partial charge >= 0.3 is 0 Å². The molecule has 3 heteroatoms. The molecule has 0 N–H and O–H groups in total. The normalized spacial score (nSPS) is 22.6. The molecule has 0 radical (unpaired) electrons. The van der Waals surface area contributed by atoms with Gasteiger partial charge in [-0.3, -0.25) is 0 Å². The number of aromatic nitrogens is 1. The van der Waals surface area contributed by atoms with Crippen molar-refractivity contribution >= 4 is 21.8 Å². The van der Waals surface area contributed by atoms with Gasteiger partial charge in [-0.15, -0.1) is 0 Å². The van der Waals surface area contributed by atoms with E-state index in [2.05, 4.69) is 126 Å². The molecule has 2 aliphatic heterocycles. The van der Waals surface area contributed by atoms with E-state index in [1.54, 1.807) is 0 Å². The van der Waals surface area contributed by atoms with Gasteiger partial charge < -0.3 is 14.0 Å². The Hall–Kier alpha value is -4.76. The molecule has 2 aliphatic carbocycles. The summed E-state index contributed by atoms with van der Waals surface area (Å²) in [4.78, 5) is 0. The summed E-state index contributed by atoms with van der Waals surface area (Å²) in [6, 6.07) is 34.8. The molecule has 0 saturated heterocycles. The fourth-order valence-electron chi connectivity index (χ4n) is 7.50. The van der Waals surface area contributed by atoms with Crippen molar-refractivity contribution in [1.29, 1.82) is 0 Å². The highest BCUT2D eigenvalue weighted by Crippen LogP contribution is 2.61. The highest BCUT2D eigenvalue weighted by molar-refractivity contribution is 6.08. The number of fused-ring (bicyclic) bond motifs is 11. The summed E-state index contributed by atoms with van der Waals surface area (Å²) >= 11 is 0. The maximum atomic E-state index is 6.69. The summed E-state index contributed by atoms with van der Waals surface area (Å²) in [6.07, 6.45) is 12.3. The van der Waals surface area contributed by atoms with Crippen LogP contribution in [-0.2, 0) is 5.41 Å². The zero-order valence-corrected chi connectivity index (χ0v) is 22.0. The fraction of sp³-hybridized carbons (Fsp3) is 0.135. The molecule has 3 nitrogen and oxygen atoms in total. The molecule has 5 aromatic rings. The van der Waals surface area contributed by atoms with Crippen molar-refractivity contribution in [1.82, 2.24) is 4.57 Å². The van der Waals surface area contributed by atoms with Crippen molar-refractivity contribution in [3.8, 4) is 11.5 Å². The molecule has 9 rings (SSSR count). The Kier molecular flexibility index (Phi) is 4.49. The topological polar surface area (TPSA) is 23.4 Å². The Morgan fingerprint density at radius 2 is 1.12 bits per heavy atom. The third-order valence-corrected chi connectivity index (χ3v) is 9.06. The number of rotatable bonds is 1. The van der Waals surface area contributed by atoms with Gasteiger partial charge in [-0.05, 0) is 55.7 Å². The van der Waals surface area contributed by atoms with Crippen molar-refractivity contribution < 1.29 is 9.47 Å².